The van der Waals surface area contributed by atoms with Crippen LogP contribution in [0.4, 0.5) is 0 Å². The van der Waals surface area contributed by atoms with Crippen molar-refractivity contribution in [3.63, 3.8) is 0 Å². The van der Waals surface area contributed by atoms with Crippen molar-refractivity contribution in [3.8, 4) is 0 Å². The van der Waals surface area contributed by atoms with Gasteiger partial charge in [-0.1, -0.05) is 6.92 Å². The van der Waals surface area contributed by atoms with Crippen LogP contribution in [0.25, 0.3) is 0 Å². The average Bonchev–Trinajstić information content (AvgIpc) is 2.62. The van der Waals surface area contributed by atoms with Gasteiger partial charge in [-0.2, -0.15) is 0 Å². The summed E-state index contributed by atoms with van der Waals surface area (Å²) in [4.78, 5) is 4.45. The first-order valence-corrected chi connectivity index (χ1v) is 9.17. The van der Waals surface area contributed by atoms with E-state index >= 15 is 0 Å². The number of thiazole rings is 1. The Kier molecular flexibility index (Phi) is 6.25. The van der Waals surface area contributed by atoms with Crippen molar-refractivity contribution in [1.29, 1.82) is 0 Å². The molecule has 0 saturated heterocycles. The van der Waals surface area contributed by atoms with Crippen molar-refractivity contribution in [3.05, 3.63) is 16.1 Å². The van der Waals surface area contributed by atoms with Gasteiger partial charge in [0.2, 0.25) is 0 Å². The molecule has 1 N–H and O–H groups in total. The van der Waals surface area contributed by atoms with Crippen LogP contribution < -0.4 is 5.32 Å². The molecule has 0 radical (unpaired) electrons. The van der Waals surface area contributed by atoms with E-state index in [-0.39, 0.29) is 5.75 Å². The van der Waals surface area contributed by atoms with Crippen LogP contribution in [0.2, 0.25) is 0 Å². The predicted octanol–water partition coefficient (Wildman–Crippen LogP) is 1.80. The molecule has 0 aliphatic heterocycles. The predicted molar refractivity (Wildman–Crippen MR) is 77.0 cm³/mol. The minimum atomic E-state index is -2.84. The fourth-order valence-electron chi connectivity index (χ4n) is 1.91. The Morgan fingerprint density at radius 2 is 2.22 bits per heavy atom. The number of likely N-dealkylation sites (N-methyl/N-ethyl adjacent to an activating group) is 1. The molecule has 18 heavy (non-hydrogen) atoms. The molecule has 6 heteroatoms. The first kappa shape index (κ1) is 15.6. The van der Waals surface area contributed by atoms with Crippen molar-refractivity contribution >= 4 is 21.2 Å². The Morgan fingerprint density at radius 3 is 2.72 bits per heavy atom. The van der Waals surface area contributed by atoms with Gasteiger partial charge in [0, 0.05) is 29.9 Å². The number of aromatic nitrogens is 1. The lowest BCUT2D eigenvalue weighted by molar-refractivity contribution is 0.481. The second-order valence-corrected chi connectivity index (χ2v) is 7.91. The summed E-state index contributed by atoms with van der Waals surface area (Å²) in [6, 6.07) is 0.318. The lowest BCUT2D eigenvalue weighted by Crippen LogP contribution is -2.31. The Bertz CT molecular complexity index is 454. The number of rotatable bonds is 8. The Hall–Kier alpha value is -0.460. The molecule has 0 aliphatic rings. The number of aryl methyl sites for hydroxylation is 1. The minimum absolute atomic E-state index is 0.269. The van der Waals surface area contributed by atoms with E-state index in [0.717, 1.165) is 30.1 Å². The minimum Gasteiger partial charge on any atom is -0.314 e. The van der Waals surface area contributed by atoms with Crippen LogP contribution in [0.5, 0.6) is 0 Å². The molecule has 1 aromatic heterocycles. The van der Waals surface area contributed by atoms with Gasteiger partial charge in [0.05, 0.1) is 10.7 Å². The van der Waals surface area contributed by atoms with Crippen LogP contribution in [-0.2, 0) is 16.3 Å². The van der Waals surface area contributed by atoms with Gasteiger partial charge in [0.1, 0.15) is 9.84 Å². The maximum Gasteiger partial charge on any atom is 0.147 e. The molecule has 0 fully saturated rings. The molecule has 0 aromatic carbocycles. The summed E-state index contributed by atoms with van der Waals surface area (Å²) < 4.78 is 22.2. The standard InChI is InChI=1S/C12H22N2O2S2/c1-4-13-11(6-5-7-18(3,15)16)8-12-9-17-10(2)14-12/h9,11,13H,4-8H2,1-3H3. The molecule has 1 heterocycles. The molecule has 1 rings (SSSR count). The van der Waals surface area contributed by atoms with Crippen molar-refractivity contribution < 1.29 is 8.42 Å². The lowest BCUT2D eigenvalue weighted by Gasteiger charge is -2.16. The molecule has 0 aliphatic carbocycles. The van der Waals surface area contributed by atoms with Crippen molar-refractivity contribution in [2.75, 3.05) is 18.6 Å². The van der Waals surface area contributed by atoms with E-state index in [4.69, 9.17) is 0 Å². The second-order valence-electron chi connectivity index (χ2n) is 4.59. The normalized spacial score (nSPS) is 13.7. The highest BCUT2D eigenvalue weighted by Gasteiger charge is 2.12. The first-order chi connectivity index (χ1) is 8.40. The summed E-state index contributed by atoms with van der Waals surface area (Å²) in [6.45, 7) is 4.96. The zero-order chi connectivity index (χ0) is 13.6. The van der Waals surface area contributed by atoms with Crippen LogP contribution in [-0.4, -0.2) is 38.0 Å². The monoisotopic (exact) mass is 290 g/mol. The van der Waals surface area contributed by atoms with Gasteiger partial charge in [-0.25, -0.2) is 13.4 Å². The summed E-state index contributed by atoms with van der Waals surface area (Å²) in [5, 5.41) is 6.56. The zero-order valence-corrected chi connectivity index (χ0v) is 12.9. The maximum atomic E-state index is 11.1. The molecule has 0 amide bonds. The van der Waals surface area contributed by atoms with E-state index in [1.807, 2.05) is 6.92 Å². The Balaban J connectivity index is 2.44. The molecule has 0 bridgehead atoms. The fraction of sp³-hybridized carbons (Fsp3) is 0.750. The van der Waals surface area contributed by atoms with E-state index in [2.05, 4.69) is 22.6 Å². The summed E-state index contributed by atoms with van der Waals surface area (Å²) in [6.07, 6.45) is 3.75. The van der Waals surface area contributed by atoms with Gasteiger partial charge in [0.15, 0.2) is 0 Å². The third kappa shape index (κ3) is 6.47. The first-order valence-electron chi connectivity index (χ1n) is 6.23. The quantitative estimate of drug-likeness (QED) is 0.793. The fourth-order valence-corrected chi connectivity index (χ4v) is 3.23. The van der Waals surface area contributed by atoms with Crippen molar-refractivity contribution in [2.45, 2.75) is 39.2 Å². The van der Waals surface area contributed by atoms with E-state index in [9.17, 15) is 8.42 Å². The van der Waals surface area contributed by atoms with E-state index in [0.29, 0.717) is 12.5 Å². The molecule has 1 aromatic rings. The molecule has 104 valence electrons. The SMILES string of the molecule is CCNC(CCCS(C)(=O)=O)Cc1csc(C)n1. The number of hydrogen-bond acceptors (Lipinski definition) is 5. The molecule has 4 nitrogen and oxygen atoms in total. The van der Waals surface area contributed by atoms with Gasteiger partial charge in [0.25, 0.3) is 0 Å². The van der Waals surface area contributed by atoms with Crippen molar-refractivity contribution in [2.24, 2.45) is 0 Å². The molecular weight excluding hydrogens is 268 g/mol. The highest BCUT2D eigenvalue weighted by molar-refractivity contribution is 7.90. The second kappa shape index (κ2) is 7.21. The number of sulfone groups is 1. The zero-order valence-electron chi connectivity index (χ0n) is 11.3. The number of nitrogens with one attached hydrogen (secondary N) is 1. The smallest absolute Gasteiger partial charge is 0.147 e. The third-order valence-corrected chi connectivity index (χ3v) is 4.54. The topological polar surface area (TPSA) is 59.1 Å². The molecular formula is C12H22N2O2S2. The maximum absolute atomic E-state index is 11.1. The van der Waals surface area contributed by atoms with Crippen LogP contribution in [0.1, 0.15) is 30.5 Å². The summed E-state index contributed by atoms with van der Waals surface area (Å²) >= 11 is 1.66. The van der Waals surface area contributed by atoms with Crippen LogP contribution in [0.3, 0.4) is 0 Å². The van der Waals surface area contributed by atoms with Gasteiger partial charge >= 0.3 is 0 Å². The van der Waals surface area contributed by atoms with Crippen LogP contribution >= 0.6 is 11.3 Å². The largest absolute Gasteiger partial charge is 0.314 e. The third-order valence-electron chi connectivity index (χ3n) is 2.68. The molecule has 0 saturated carbocycles. The van der Waals surface area contributed by atoms with Crippen LogP contribution in [0, 0.1) is 6.92 Å². The van der Waals surface area contributed by atoms with E-state index in [1.54, 1.807) is 11.3 Å². The van der Waals surface area contributed by atoms with Gasteiger partial charge in [-0.05, 0) is 26.3 Å². The van der Waals surface area contributed by atoms with Gasteiger partial charge < -0.3 is 5.32 Å². The van der Waals surface area contributed by atoms with E-state index in [1.165, 1.54) is 6.26 Å². The number of nitrogens with zero attached hydrogens (tertiary/aromatic N) is 1. The Labute approximate surface area is 114 Å². The Morgan fingerprint density at radius 1 is 1.50 bits per heavy atom. The van der Waals surface area contributed by atoms with Gasteiger partial charge in [-0.15, -0.1) is 11.3 Å². The summed E-state index contributed by atoms with van der Waals surface area (Å²) in [5.41, 5.74) is 1.10. The van der Waals surface area contributed by atoms with Gasteiger partial charge in [-0.3, -0.25) is 0 Å². The lowest BCUT2D eigenvalue weighted by atomic mass is 10.1. The highest BCUT2D eigenvalue weighted by atomic mass is 32.2. The summed E-state index contributed by atoms with van der Waals surface area (Å²) in [5.74, 6) is 0.269. The van der Waals surface area contributed by atoms with E-state index < -0.39 is 9.84 Å². The molecule has 0 spiro atoms. The average molecular weight is 290 g/mol. The summed E-state index contributed by atoms with van der Waals surface area (Å²) in [7, 11) is -2.84. The van der Waals surface area contributed by atoms with Crippen LogP contribution in [0.15, 0.2) is 5.38 Å². The molecule has 1 unspecified atom stereocenters. The highest BCUT2D eigenvalue weighted by Crippen LogP contribution is 2.12. The number of hydrogen-bond donors (Lipinski definition) is 1. The molecule has 1 atom stereocenters. The van der Waals surface area contributed by atoms with Crippen molar-refractivity contribution in [1.82, 2.24) is 10.3 Å².